The fourth-order valence-corrected chi connectivity index (χ4v) is 1.93. The topological polar surface area (TPSA) is 68.3 Å². The Hall–Kier alpha value is -1.29. The summed E-state index contributed by atoms with van der Waals surface area (Å²) in [6.07, 6.45) is 0.728. The number of hydrogen-bond acceptors (Lipinski definition) is 3. The summed E-state index contributed by atoms with van der Waals surface area (Å²) in [6, 6.07) is 1.90. The van der Waals surface area contributed by atoms with Crippen LogP contribution in [0.25, 0.3) is 0 Å². The molecule has 4 heteroatoms. The van der Waals surface area contributed by atoms with Gasteiger partial charge in [-0.15, -0.1) is 0 Å². The highest BCUT2D eigenvalue weighted by atomic mass is 16.3. The van der Waals surface area contributed by atoms with Crippen LogP contribution in [0.5, 0.6) is 0 Å². The Bertz CT molecular complexity index is 419. The van der Waals surface area contributed by atoms with Gasteiger partial charge in [0.15, 0.2) is 0 Å². The molecule has 0 saturated carbocycles. The van der Waals surface area contributed by atoms with Crippen LogP contribution in [-0.2, 0) is 4.79 Å². The van der Waals surface area contributed by atoms with E-state index in [0.29, 0.717) is 6.54 Å². The van der Waals surface area contributed by atoms with E-state index in [0.717, 1.165) is 23.5 Å². The highest BCUT2D eigenvalue weighted by Crippen LogP contribution is 2.24. The first-order chi connectivity index (χ1) is 8.34. The number of rotatable bonds is 5. The van der Waals surface area contributed by atoms with E-state index in [-0.39, 0.29) is 11.9 Å². The lowest BCUT2D eigenvalue weighted by Gasteiger charge is -2.27. The summed E-state index contributed by atoms with van der Waals surface area (Å²) < 4.78 is 5.48. The molecule has 0 radical (unpaired) electrons. The first-order valence-electron chi connectivity index (χ1n) is 6.42. The Morgan fingerprint density at radius 2 is 2.17 bits per heavy atom. The van der Waals surface area contributed by atoms with Crippen LogP contribution in [0, 0.1) is 19.3 Å². The Labute approximate surface area is 109 Å². The maximum absolute atomic E-state index is 12.2. The number of hydrogen-bond donors (Lipinski definition) is 2. The lowest BCUT2D eigenvalue weighted by Crippen LogP contribution is -2.44. The zero-order valence-corrected chi connectivity index (χ0v) is 12.0. The van der Waals surface area contributed by atoms with E-state index in [1.165, 1.54) is 0 Å². The lowest BCUT2D eigenvalue weighted by molar-refractivity contribution is -0.130. The molecular weight excluding hydrogens is 228 g/mol. The molecule has 1 rings (SSSR count). The monoisotopic (exact) mass is 252 g/mol. The van der Waals surface area contributed by atoms with Crippen molar-refractivity contribution in [3.63, 3.8) is 0 Å². The van der Waals surface area contributed by atoms with Crippen LogP contribution in [-0.4, -0.2) is 12.5 Å². The zero-order chi connectivity index (χ0) is 13.9. The standard InChI is InChI=1S/C14H24N2O2/c1-6-14(5,8-15)13(17)16-10(3)12-7-9(2)18-11(12)4/h7,10H,6,8,15H2,1-5H3,(H,16,17). The van der Waals surface area contributed by atoms with Gasteiger partial charge in [-0.25, -0.2) is 0 Å². The minimum Gasteiger partial charge on any atom is -0.466 e. The van der Waals surface area contributed by atoms with Crippen molar-refractivity contribution in [1.82, 2.24) is 5.32 Å². The first kappa shape index (κ1) is 14.8. The predicted molar refractivity (Wildman–Crippen MR) is 72.2 cm³/mol. The molecule has 0 aliphatic heterocycles. The van der Waals surface area contributed by atoms with Crippen LogP contribution >= 0.6 is 0 Å². The smallest absolute Gasteiger partial charge is 0.227 e. The Morgan fingerprint density at radius 1 is 1.56 bits per heavy atom. The van der Waals surface area contributed by atoms with Crippen molar-refractivity contribution >= 4 is 5.91 Å². The predicted octanol–water partition coefficient (Wildman–Crippen LogP) is 2.45. The minimum atomic E-state index is -0.499. The maximum atomic E-state index is 12.2. The molecule has 3 N–H and O–H groups in total. The molecule has 0 bridgehead atoms. The largest absolute Gasteiger partial charge is 0.466 e. The molecule has 18 heavy (non-hydrogen) atoms. The van der Waals surface area contributed by atoms with Gasteiger partial charge in [-0.1, -0.05) is 6.92 Å². The molecule has 0 aliphatic rings. The van der Waals surface area contributed by atoms with Crippen molar-refractivity contribution in [2.24, 2.45) is 11.1 Å². The molecule has 1 aromatic rings. The van der Waals surface area contributed by atoms with Crippen molar-refractivity contribution in [3.8, 4) is 0 Å². The van der Waals surface area contributed by atoms with Gasteiger partial charge in [0, 0.05) is 12.1 Å². The highest BCUT2D eigenvalue weighted by Gasteiger charge is 2.31. The molecule has 2 atom stereocenters. The summed E-state index contributed by atoms with van der Waals surface area (Å²) in [7, 11) is 0. The summed E-state index contributed by atoms with van der Waals surface area (Å²) >= 11 is 0. The summed E-state index contributed by atoms with van der Waals surface area (Å²) in [6.45, 7) is 9.99. The molecule has 0 fully saturated rings. The second kappa shape index (κ2) is 5.57. The van der Waals surface area contributed by atoms with Crippen LogP contribution in [0.1, 0.15) is 50.3 Å². The van der Waals surface area contributed by atoms with Crippen molar-refractivity contribution in [2.45, 2.75) is 47.1 Å². The molecule has 1 aromatic heterocycles. The molecule has 0 saturated heterocycles. The van der Waals surface area contributed by atoms with E-state index in [2.05, 4.69) is 5.32 Å². The van der Waals surface area contributed by atoms with Gasteiger partial charge in [0.05, 0.1) is 11.5 Å². The molecule has 2 unspecified atom stereocenters. The van der Waals surface area contributed by atoms with Crippen molar-refractivity contribution in [1.29, 1.82) is 0 Å². The van der Waals surface area contributed by atoms with E-state index in [4.69, 9.17) is 10.2 Å². The van der Waals surface area contributed by atoms with Gasteiger partial charge in [-0.3, -0.25) is 4.79 Å². The Morgan fingerprint density at radius 3 is 2.56 bits per heavy atom. The zero-order valence-electron chi connectivity index (χ0n) is 12.0. The third-order valence-electron chi connectivity index (χ3n) is 3.67. The van der Waals surface area contributed by atoms with Gasteiger partial charge in [0.1, 0.15) is 11.5 Å². The van der Waals surface area contributed by atoms with Gasteiger partial charge in [0.25, 0.3) is 0 Å². The van der Waals surface area contributed by atoms with Crippen LogP contribution < -0.4 is 11.1 Å². The molecule has 0 spiro atoms. The number of carbonyl (C=O) groups excluding carboxylic acids is 1. The van der Waals surface area contributed by atoms with E-state index in [1.807, 2.05) is 40.7 Å². The van der Waals surface area contributed by atoms with Crippen molar-refractivity contribution < 1.29 is 9.21 Å². The first-order valence-corrected chi connectivity index (χ1v) is 6.42. The summed E-state index contributed by atoms with van der Waals surface area (Å²) in [4.78, 5) is 12.2. The number of nitrogens with one attached hydrogen (secondary N) is 1. The fraction of sp³-hybridized carbons (Fsp3) is 0.643. The van der Waals surface area contributed by atoms with Crippen LogP contribution in [0.2, 0.25) is 0 Å². The number of furan rings is 1. The van der Waals surface area contributed by atoms with Gasteiger partial charge in [-0.05, 0) is 40.2 Å². The molecule has 102 valence electrons. The molecule has 4 nitrogen and oxygen atoms in total. The van der Waals surface area contributed by atoms with Gasteiger partial charge in [0.2, 0.25) is 5.91 Å². The summed E-state index contributed by atoms with van der Waals surface area (Å²) in [5.74, 6) is 1.71. The highest BCUT2D eigenvalue weighted by molar-refractivity contribution is 5.82. The Kier molecular flexibility index (Phi) is 4.57. The minimum absolute atomic E-state index is 0.00162. The summed E-state index contributed by atoms with van der Waals surface area (Å²) in [5, 5.41) is 3.01. The fourth-order valence-electron chi connectivity index (χ4n) is 1.93. The Balaban J connectivity index is 2.79. The maximum Gasteiger partial charge on any atom is 0.227 e. The number of carbonyl (C=O) groups is 1. The van der Waals surface area contributed by atoms with Gasteiger partial charge in [-0.2, -0.15) is 0 Å². The average Bonchev–Trinajstić information content (AvgIpc) is 2.67. The number of aryl methyl sites for hydroxylation is 2. The van der Waals surface area contributed by atoms with E-state index >= 15 is 0 Å². The van der Waals surface area contributed by atoms with Gasteiger partial charge >= 0.3 is 0 Å². The second-order valence-corrected chi connectivity index (χ2v) is 5.18. The third kappa shape index (κ3) is 2.93. The van der Waals surface area contributed by atoms with Crippen molar-refractivity contribution in [2.75, 3.05) is 6.54 Å². The van der Waals surface area contributed by atoms with Crippen LogP contribution in [0.3, 0.4) is 0 Å². The van der Waals surface area contributed by atoms with Crippen LogP contribution in [0.4, 0.5) is 0 Å². The van der Waals surface area contributed by atoms with Gasteiger partial charge < -0.3 is 15.5 Å². The van der Waals surface area contributed by atoms with Crippen LogP contribution in [0.15, 0.2) is 10.5 Å². The SMILES string of the molecule is CCC(C)(CN)C(=O)NC(C)c1cc(C)oc1C. The lowest BCUT2D eigenvalue weighted by atomic mass is 9.86. The molecule has 0 aromatic carbocycles. The second-order valence-electron chi connectivity index (χ2n) is 5.18. The average molecular weight is 252 g/mol. The quantitative estimate of drug-likeness (QED) is 0.845. The van der Waals surface area contributed by atoms with Crippen molar-refractivity contribution in [3.05, 3.63) is 23.2 Å². The summed E-state index contributed by atoms with van der Waals surface area (Å²) in [5.41, 5.74) is 6.21. The third-order valence-corrected chi connectivity index (χ3v) is 3.67. The molecular formula is C14H24N2O2. The molecule has 0 aliphatic carbocycles. The molecule has 1 amide bonds. The molecule has 1 heterocycles. The normalized spacial score (nSPS) is 16.1. The van der Waals surface area contributed by atoms with E-state index in [9.17, 15) is 4.79 Å². The van der Waals surface area contributed by atoms with E-state index < -0.39 is 5.41 Å². The number of amides is 1. The number of nitrogens with two attached hydrogens (primary N) is 1. The van der Waals surface area contributed by atoms with E-state index in [1.54, 1.807) is 0 Å².